The molecule has 5 heteroatoms. The van der Waals surface area contributed by atoms with Crippen molar-refractivity contribution in [2.75, 3.05) is 11.9 Å². The zero-order chi connectivity index (χ0) is 13.5. The molecule has 0 bridgehead atoms. The van der Waals surface area contributed by atoms with Crippen LogP contribution in [0.3, 0.4) is 0 Å². The highest BCUT2D eigenvalue weighted by Crippen LogP contribution is 2.18. The Morgan fingerprint density at radius 3 is 2.50 bits per heavy atom. The lowest BCUT2D eigenvalue weighted by atomic mass is 10.1. The van der Waals surface area contributed by atoms with Crippen molar-refractivity contribution in [3.63, 3.8) is 0 Å². The molecule has 0 aliphatic rings. The van der Waals surface area contributed by atoms with Crippen LogP contribution in [0.25, 0.3) is 0 Å². The van der Waals surface area contributed by atoms with Gasteiger partial charge in [0, 0.05) is 18.2 Å². The molecule has 0 unspecified atom stereocenters. The van der Waals surface area contributed by atoms with E-state index in [0.717, 1.165) is 16.8 Å². The van der Waals surface area contributed by atoms with Crippen molar-refractivity contribution in [2.24, 2.45) is 0 Å². The third-order valence-corrected chi connectivity index (χ3v) is 2.81. The van der Waals surface area contributed by atoms with E-state index >= 15 is 0 Å². The molecular weight excluding hydrogens is 248 g/mol. The van der Waals surface area contributed by atoms with E-state index in [0.29, 0.717) is 18.1 Å². The van der Waals surface area contributed by atoms with Gasteiger partial charge in [0.1, 0.15) is 0 Å². The summed E-state index contributed by atoms with van der Waals surface area (Å²) < 4.78 is 0. The van der Waals surface area contributed by atoms with Crippen LogP contribution in [0, 0.1) is 13.8 Å². The molecular formula is C13H17N2O2S-. The molecule has 0 atom stereocenters. The number of carbonyl (C=O) groups is 1. The summed E-state index contributed by atoms with van der Waals surface area (Å²) in [6.45, 7) is 4.53. The number of aryl methyl sites for hydroxylation is 2. The van der Waals surface area contributed by atoms with Gasteiger partial charge >= 0.3 is 0 Å². The average Bonchev–Trinajstić information content (AvgIpc) is 2.29. The third kappa shape index (κ3) is 4.71. The number of para-hydroxylation sites is 1. The van der Waals surface area contributed by atoms with Gasteiger partial charge < -0.3 is 20.5 Å². The number of anilines is 1. The van der Waals surface area contributed by atoms with Crippen molar-refractivity contribution in [3.8, 4) is 0 Å². The minimum absolute atomic E-state index is 0.0407. The lowest BCUT2D eigenvalue weighted by Crippen LogP contribution is -2.31. The maximum Gasteiger partial charge on any atom is 0.170 e. The summed E-state index contributed by atoms with van der Waals surface area (Å²) in [6, 6.07) is 6.01. The number of benzene rings is 1. The predicted octanol–water partition coefficient (Wildman–Crippen LogP) is 1.12. The van der Waals surface area contributed by atoms with Crippen LogP contribution >= 0.6 is 12.2 Å². The molecule has 2 N–H and O–H groups in total. The molecule has 0 heterocycles. The van der Waals surface area contributed by atoms with Gasteiger partial charge in [0.15, 0.2) is 5.11 Å². The molecule has 0 saturated carbocycles. The molecule has 0 fully saturated rings. The molecule has 0 radical (unpaired) electrons. The SMILES string of the molecule is Cc1cccc(C)c1NC(=S)NCCCC(=O)[O-]. The van der Waals surface area contributed by atoms with E-state index in [2.05, 4.69) is 10.6 Å². The van der Waals surface area contributed by atoms with Crippen LogP contribution in [0.15, 0.2) is 18.2 Å². The van der Waals surface area contributed by atoms with Crippen molar-refractivity contribution in [1.29, 1.82) is 0 Å². The lowest BCUT2D eigenvalue weighted by molar-refractivity contribution is -0.305. The molecule has 4 nitrogen and oxygen atoms in total. The number of carboxylic acids is 1. The van der Waals surface area contributed by atoms with Crippen molar-refractivity contribution in [1.82, 2.24) is 5.32 Å². The second-order valence-electron chi connectivity index (χ2n) is 4.12. The molecule has 1 aromatic rings. The molecule has 1 aromatic carbocycles. The number of hydrogen-bond donors (Lipinski definition) is 2. The first-order valence-corrected chi connectivity index (χ1v) is 6.22. The highest BCUT2D eigenvalue weighted by Gasteiger charge is 2.03. The van der Waals surface area contributed by atoms with Crippen LogP contribution in [-0.4, -0.2) is 17.6 Å². The highest BCUT2D eigenvalue weighted by molar-refractivity contribution is 7.80. The second kappa shape index (κ2) is 6.96. The van der Waals surface area contributed by atoms with Gasteiger partial charge in [-0.25, -0.2) is 0 Å². The lowest BCUT2D eigenvalue weighted by Gasteiger charge is -2.14. The van der Waals surface area contributed by atoms with Crippen molar-refractivity contribution in [2.45, 2.75) is 26.7 Å². The molecule has 0 amide bonds. The Balaban J connectivity index is 2.43. The molecule has 0 aromatic heterocycles. The summed E-state index contributed by atoms with van der Waals surface area (Å²) in [4.78, 5) is 10.2. The van der Waals surface area contributed by atoms with E-state index in [1.54, 1.807) is 0 Å². The molecule has 98 valence electrons. The Morgan fingerprint density at radius 2 is 1.94 bits per heavy atom. The van der Waals surface area contributed by atoms with Crippen LogP contribution in [-0.2, 0) is 4.79 Å². The van der Waals surface area contributed by atoms with E-state index in [4.69, 9.17) is 12.2 Å². The standard InChI is InChI=1S/C13H18N2O2S/c1-9-5-3-6-10(2)12(9)15-13(18)14-8-4-7-11(16)17/h3,5-6H,4,7-8H2,1-2H3,(H,16,17)(H2,14,15,18)/p-1. The maximum absolute atomic E-state index is 10.2. The quantitative estimate of drug-likeness (QED) is 0.617. The van der Waals surface area contributed by atoms with Crippen LogP contribution < -0.4 is 15.7 Å². The Bertz CT molecular complexity index is 426. The molecule has 1 rings (SSSR count). The van der Waals surface area contributed by atoms with Gasteiger partial charge in [-0.05, 0) is 50.0 Å². The summed E-state index contributed by atoms with van der Waals surface area (Å²) in [5.41, 5.74) is 3.23. The van der Waals surface area contributed by atoms with Gasteiger partial charge in [0.05, 0.1) is 0 Å². The van der Waals surface area contributed by atoms with Crippen molar-refractivity contribution < 1.29 is 9.90 Å². The summed E-state index contributed by atoms with van der Waals surface area (Å²) in [6.07, 6.45) is 0.538. The monoisotopic (exact) mass is 265 g/mol. The van der Waals surface area contributed by atoms with Crippen LogP contribution in [0.4, 0.5) is 5.69 Å². The number of aliphatic carboxylic acids is 1. The minimum Gasteiger partial charge on any atom is -0.550 e. The van der Waals surface area contributed by atoms with Gasteiger partial charge in [-0.2, -0.15) is 0 Å². The molecule has 0 spiro atoms. The van der Waals surface area contributed by atoms with Gasteiger partial charge in [0.25, 0.3) is 0 Å². The number of carbonyl (C=O) groups excluding carboxylic acids is 1. The fourth-order valence-electron chi connectivity index (χ4n) is 1.60. The van der Waals surface area contributed by atoms with Crippen LogP contribution in [0.5, 0.6) is 0 Å². The molecule has 0 aliphatic carbocycles. The van der Waals surface area contributed by atoms with E-state index in [9.17, 15) is 9.90 Å². The van der Waals surface area contributed by atoms with Gasteiger partial charge in [-0.3, -0.25) is 0 Å². The number of thiocarbonyl (C=S) groups is 1. The molecule has 18 heavy (non-hydrogen) atoms. The fraction of sp³-hybridized carbons (Fsp3) is 0.385. The Hall–Kier alpha value is -1.62. The van der Waals surface area contributed by atoms with Crippen LogP contribution in [0.1, 0.15) is 24.0 Å². The Kier molecular flexibility index (Phi) is 5.58. The Morgan fingerprint density at radius 1 is 1.33 bits per heavy atom. The average molecular weight is 265 g/mol. The minimum atomic E-state index is -1.04. The topological polar surface area (TPSA) is 64.2 Å². The van der Waals surface area contributed by atoms with Crippen LogP contribution in [0.2, 0.25) is 0 Å². The summed E-state index contributed by atoms with van der Waals surface area (Å²) in [7, 11) is 0. The first-order chi connectivity index (χ1) is 8.50. The normalized spacial score (nSPS) is 9.89. The third-order valence-electron chi connectivity index (χ3n) is 2.56. The maximum atomic E-state index is 10.2. The van der Waals surface area contributed by atoms with Gasteiger partial charge in [-0.1, -0.05) is 18.2 Å². The van der Waals surface area contributed by atoms with Crippen molar-refractivity contribution >= 4 is 29.0 Å². The summed E-state index contributed by atoms with van der Waals surface area (Å²) in [5.74, 6) is -1.04. The zero-order valence-electron chi connectivity index (χ0n) is 10.6. The predicted molar refractivity (Wildman–Crippen MR) is 74.4 cm³/mol. The number of rotatable bonds is 5. The number of nitrogens with one attached hydrogen (secondary N) is 2. The van der Waals surface area contributed by atoms with E-state index in [-0.39, 0.29) is 6.42 Å². The first-order valence-electron chi connectivity index (χ1n) is 5.81. The largest absolute Gasteiger partial charge is 0.550 e. The van der Waals surface area contributed by atoms with E-state index < -0.39 is 5.97 Å². The first kappa shape index (κ1) is 14.4. The van der Waals surface area contributed by atoms with E-state index in [1.165, 1.54) is 0 Å². The number of hydrogen-bond acceptors (Lipinski definition) is 3. The molecule has 0 saturated heterocycles. The fourth-order valence-corrected chi connectivity index (χ4v) is 1.81. The van der Waals surface area contributed by atoms with Crippen molar-refractivity contribution in [3.05, 3.63) is 29.3 Å². The zero-order valence-corrected chi connectivity index (χ0v) is 11.4. The van der Waals surface area contributed by atoms with Gasteiger partial charge in [0.2, 0.25) is 0 Å². The van der Waals surface area contributed by atoms with Gasteiger partial charge in [-0.15, -0.1) is 0 Å². The smallest absolute Gasteiger partial charge is 0.170 e. The summed E-state index contributed by atoms with van der Waals surface area (Å²) >= 11 is 5.15. The summed E-state index contributed by atoms with van der Waals surface area (Å²) in [5, 5.41) is 16.8. The molecule has 0 aliphatic heterocycles. The highest BCUT2D eigenvalue weighted by atomic mass is 32.1. The number of carboxylic acid groups (broad SMARTS) is 1. The second-order valence-corrected chi connectivity index (χ2v) is 4.53. The van der Waals surface area contributed by atoms with E-state index in [1.807, 2.05) is 32.0 Å². The Labute approximate surface area is 112 Å².